The van der Waals surface area contributed by atoms with Crippen molar-refractivity contribution < 1.29 is 12.4 Å². The molecule has 0 heterocycles. The van der Waals surface area contributed by atoms with E-state index in [9.17, 15) is 4.79 Å². The Kier molecular flexibility index (Phi) is 14.2. The summed E-state index contributed by atoms with van der Waals surface area (Å²) in [5.74, 6) is 0.289. The quantitative estimate of drug-likeness (QED) is 0.659. The van der Waals surface area contributed by atoms with Gasteiger partial charge >= 0.3 is 15.9 Å². The van der Waals surface area contributed by atoms with Crippen molar-refractivity contribution in [1.29, 1.82) is 0 Å². The molecule has 89 valence electrons. The summed E-state index contributed by atoms with van der Waals surface area (Å²) in [6, 6.07) is 0. The molecule has 0 aliphatic heterocycles. The summed E-state index contributed by atoms with van der Waals surface area (Å²) in [6.07, 6.45) is 2.33. The van der Waals surface area contributed by atoms with Crippen molar-refractivity contribution in [2.45, 2.75) is 66.6 Å². The van der Waals surface area contributed by atoms with Crippen LogP contribution in [0.1, 0.15) is 54.4 Å². The van der Waals surface area contributed by atoms with Crippen LogP contribution in [-0.2, 0) is 12.4 Å². The molecule has 4 heteroatoms. The minimum absolute atomic E-state index is 0.245. The maximum atomic E-state index is 10.0. The van der Waals surface area contributed by atoms with Gasteiger partial charge in [-0.25, -0.2) is 0 Å². The minimum Gasteiger partial charge on any atom is -0.482 e. The third-order valence-electron chi connectivity index (χ3n) is 1.26. The third-order valence-corrected chi connectivity index (χ3v) is 2.57. The maximum absolute atomic E-state index is 10.0. The van der Waals surface area contributed by atoms with E-state index < -0.39 is 0 Å². The van der Waals surface area contributed by atoms with Gasteiger partial charge in [0.25, 0.3) is 0 Å². The van der Waals surface area contributed by atoms with Gasteiger partial charge in [0.2, 0.25) is 0 Å². The number of carbonyl (C=O) groups is 1. The van der Waals surface area contributed by atoms with Crippen LogP contribution < -0.4 is 0 Å². The number of ketones is 1. The van der Waals surface area contributed by atoms with Gasteiger partial charge in [0.15, 0.2) is 0 Å². The fourth-order valence-electron chi connectivity index (χ4n) is 0.606. The molecule has 0 saturated heterocycles. The monoisotopic (exact) mass is 231 g/mol. The van der Waals surface area contributed by atoms with Gasteiger partial charge in [0.05, 0.1) is 0 Å². The van der Waals surface area contributed by atoms with Gasteiger partial charge in [0, 0.05) is 18.6 Å². The third kappa shape index (κ3) is 24.9. The SMILES string of the molecule is CC(C)[O][Al][O]C(C)C.CCCC(C)=O. The lowest BCUT2D eigenvalue weighted by atomic mass is 10.3. The summed E-state index contributed by atoms with van der Waals surface area (Å²) >= 11 is -0.245. The first-order chi connectivity index (χ1) is 6.90. The van der Waals surface area contributed by atoms with E-state index in [1.54, 1.807) is 6.92 Å². The topological polar surface area (TPSA) is 35.5 Å². The first kappa shape index (κ1) is 17.5. The summed E-state index contributed by atoms with van der Waals surface area (Å²) in [5, 5.41) is 0. The molecule has 0 rings (SSSR count). The Morgan fingerprint density at radius 3 is 1.67 bits per heavy atom. The fourth-order valence-corrected chi connectivity index (χ4v) is 1.11. The van der Waals surface area contributed by atoms with E-state index in [1.165, 1.54) is 0 Å². The normalized spacial score (nSPS) is 9.87. The fraction of sp³-hybridized carbons (Fsp3) is 0.909. The molecule has 0 aromatic rings. The van der Waals surface area contributed by atoms with Crippen LogP contribution in [0.5, 0.6) is 0 Å². The van der Waals surface area contributed by atoms with Crippen LogP contribution in [0.25, 0.3) is 0 Å². The first-order valence-electron chi connectivity index (χ1n) is 5.52. The average Bonchev–Trinajstić information content (AvgIpc) is 2.03. The van der Waals surface area contributed by atoms with E-state index in [1.807, 2.05) is 34.6 Å². The minimum atomic E-state index is -0.245. The number of hydrogen-bond donors (Lipinski definition) is 0. The van der Waals surface area contributed by atoms with Gasteiger partial charge < -0.3 is 12.4 Å². The molecule has 1 radical (unpaired) electrons. The molecule has 0 fully saturated rings. The highest BCUT2D eigenvalue weighted by Crippen LogP contribution is 1.89. The van der Waals surface area contributed by atoms with E-state index in [2.05, 4.69) is 0 Å². The Bertz CT molecular complexity index is 139. The largest absolute Gasteiger partial charge is 0.668 e. The van der Waals surface area contributed by atoms with E-state index in [-0.39, 0.29) is 21.7 Å². The van der Waals surface area contributed by atoms with Crippen LogP contribution in [0, 0.1) is 0 Å². The molecular formula is C11H24AlO3. The predicted octanol–water partition coefficient (Wildman–Crippen LogP) is 2.75. The lowest BCUT2D eigenvalue weighted by molar-refractivity contribution is -0.117. The van der Waals surface area contributed by atoms with Crippen LogP contribution in [0.3, 0.4) is 0 Å². The highest BCUT2D eigenvalue weighted by molar-refractivity contribution is 6.18. The smallest absolute Gasteiger partial charge is 0.482 e. The van der Waals surface area contributed by atoms with Crippen molar-refractivity contribution in [2.24, 2.45) is 0 Å². The van der Waals surface area contributed by atoms with Crippen molar-refractivity contribution in [3.63, 3.8) is 0 Å². The maximum Gasteiger partial charge on any atom is 0.668 e. The zero-order valence-electron chi connectivity index (χ0n) is 10.9. The Labute approximate surface area is 101 Å². The Morgan fingerprint density at radius 1 is 1.13 bits per heavy atom. The lowest BCUT2D eigenvalue weighted by Crippen LogP contribution is -2.14. The molecule has 0 aromatic heterocycles. The van der Waals surface area contributed by atoms with Gasteiger partial charge in [-0.15, -0.1) is 0 Å². The molecule has 0 amide bonds. The Morgan fingerprint density at radius 2 is 1.53 bits per heavy atom. The molecule has 0 saturated carbocycles. The van der Waals surface area contributed by atoms with Crippen molar-refractivity contribution in [3.05, 3.63) is 0 Å². The molecule has 0 atom stereocenters. The second kappa shape index (κ2) is 12.2. The van der Waals surface area contributed by atoms with E-state index in [0.717, 1.165) is 12.8 Å². The van der Waals surface area contributed by atoms with E-state index in [0.29, 0.717) is 12.2 Å². The van der Waals surface area contributed by atoms with Crippen molar-refractivity contribution in [1.82, 2.24) is 0 Å². The first-order valence-corrected chi connectivity index (χ1v) is 6.46. The zero-order chi connectivity index (χ0) is 12.3. The molecule has 0 aromatic carbocycles. The van der Waals surface area contributed by atoms with Crippen LogP contribution >= 0.6 is 0 Å². The molecule has 15 heavy (non-hydrogen) atoms. The zero-order valence-corrected chi connectivity index (χ0v) is 12.0. The molecule has 0 aliphatic carbocycles. The number of rotatable bonds is 6. The van der Waals surface area contributed by atoms with Crippen LogP contribution in [-0.4, -0.2) is 33.9 Å². The van der Waals surface area contributed by atoms with Crippen molar-refractivity contribution in [2.75, 3.05) is 0 Å². The summed E-state index contributed by atoms with van der Waals surface area (Å²) in [4.78, 5) is 10.0. The van der Waals surface area contributed by atoms with Gasteiger partial charge in [0.1, 0.15) is 5.78 Å². The molecule has 0 bridgehead atoms. The highest BCUT2D eigenvalue weighted by Gasteiger charge is 2.01. The highest BCUT2D eigenvalue weighted by atomic mass is 27.2. The summed E-state index contributed by atoms with van der Waals surface area (Å²) in [7, 11) is 0. The second-order valence-electron chi connectivity index (χ2n) is 3.92. The summed E-state index contributed by atoms with van der Waals surface area (Å²) in [5.41, 5.74) is 0. The van der Waals surface area contributed by atoms with Gasteiger partial charge in [-0.05, 0) is 41.0 Å². The number of carbonyl (C=O) groups excluding carboxylic acids is 1. The van der Waals surface area contributed by atoms with Crippen LogP contribution in [0.2, 0.25) is 0 Å². The van der Waals surface area contributed by atoms with Gasteiger partial charge in [-0.2, -0.15) is 0 Å². The molecular weight excluding hydrogens is 207 g/mol. The number of hydrogen-bond acceptors (Lipinski definition) is 3. The van der Waals surface area contributed by atoms with Crippen molar-refractivity contribution in [3.8, 4) is 0 Å². The van der Waals surface area contributed by atoms with E-state index >= 15 is 0 Å². The lowest BCUT2D eigenvalue weighted by Gasteiger charge is -2.09. The molecule has 0 spiro atoms. The van der Waals surface area contributed by atoms with Crippen LogP contribution in [0.4, 0.5) is 0 Å². The van der Waals surface area contributed by atoms with E-state index in [4.69, 9.17) is 7.58 Å². The Hall–Kier alpha value is 0.122. The van der Waals surface area contributed by atoms with Crippen molar-refractivity contribution >= 4 is 21.7 Å². The summed E-state index contributed by atoms with van der Waals surface area (Å²) in [6.45, 7) is 11.7. The second-order valence-corrected chi connectivity index (χ2v) is 4.65. The Balaban J connectivity index is 0. The standard InChI is InChI=1S/C5H10O.2C3H7O.Al/c1-3-4-5(2)6;2*1-3(2)4;/h3-4H2,1-2H3;2*3H,1-2H3;/q;2*-1;+2. The van der Waals surface area contributed by atoms with Crippen LogP contribution in [0.15, 0.2) is 0 Å². The molecule has 0 N–H and O–H groups in total. The van der Waals surface area contributed by atoms with Gasteiger partial charge in [-0.1, -0.05) is 6.92 Å². The molecule has 0 unspecified atom stereocenters. The molecule has 0 aliphatic rings. The summed E-state index contributed by atoms with van der Waals surface area (Å²) < 4.78 is 10.4. The molecule has 3 nitrogen and oxygen atoms in total. The number of Topliss-reactive ketones (excluding diaryl/α,β-unsaturated/α-hetero) is 1. The van der Waals surface area contributed by atoms with Gasteiger partial charge in [-0.3, -0.25) is 0 Å². The predicted molar refractivity (Wildman–Crippen MR) is 63.8 cm³/mol. The average molecular weight is 231 g/mol.